The van der Waals surface area contributed by atoms with Crippen molar-refractivity contribution in [3.8, 4) is 0 Å². The van der Waals surface area contributed by atoms with Crippen LogP contribution in [-0.2, 0) is 37.5 Å². The lowest BCUT2D eigenvalue weighted by molar-refractivity contribution is -0.166. The Labute approximate surface area is 458 Å². The van der Waals surface area contributed by atoms with Crippen molar-refractivity contribution in [2.45, 2.75) is 233 Å². The lowest BCUT2D eigenvalue weighted by Crippen LogP contribution is -2.60. The summed E-state index contributed by atoms with van der Waals surface area (Å²) in [6.45, 7) is 12.5. The Bertz CT molecular complexity index is 2300. The molecule has 1 aliphatic heterocycles. The van der Waals surface area contributed by atoms with E-state index in [1.807, 2.05) is 0 Å². The fraction of sp³-hybridized carbons (Fsp3) is 0.862. The van der Waals surface area contributed by atoms with Crippen LogP contribution in [0.2, 0.25) is 0 Å². The maximum atomic E-state index is 14.2. The summed E-state index contributed by atoms with van der Waals surface area (Å²) in [5, 5.41) is 13.3. The van der Waals surface area contributed by atoms with Crippen molar-refractivity contribution in [1.82, 2.24) is 25.3 Å². The van der Waals surface area contributed by atoms with E-state index in [0.717, 1.165) is 51.4 Å². The summed E-state index contributed by atoms with van der Waals surface area (Å²) in [7, 11) is -3.85. The number of ketones is 3. The van der Waals surface area contributed by atoms with Gasteiger partial charge in [-0.25, -0.2) is 14.4 Å². The fourth-order valence-corrected chi connectivity index (χ4v) is 15.6. The SMILES string of the molecule is CCCCCCCCCCCCCCCCCCOP(=O)(NCCCNCCCNC(=O)CCC(C)[C@H]1CC[C@H]2[C@@H]3C(=O)C[C@@H]4CC(=O)CC[C@]4(C)[C@H]3CC(=O)[C@]12C)OC[C@H]1O[C@@H](n2cc(C)c(=O)[nH]c2=O)CC1N=[N+]=[N-]. The van der Waals surface area contributed by atoms with Crippen LogP contribution in [-0.4, -0.2) is 84.3 Å². The molecule has 77 heavy (non-hydrogen) atoms. The predicted octanol–water partition coefficient (Wildman–Crippen LogP) is 11.3. The van der Waals surface area contributed by atoms with Crippen molar-refractivity contribution in [3.63, 3.8) is 0 Å². The highest BCUT2D eigenvalue weighted by Crippen LogP contribution is 2.66. The van der Waals surface area contributed by atoms with Gasteiger partial charge in [0.25, 0.3) is 5.56 Å². The van der Waals surface area contributed by atoms with Crippen molar-refractivity contribution in [3.05, 3.63) is 43.0 Å². The molecule has 434 valence electrons. The maximum Gasteiger partial charge on any atom is 0.405 e. The number of hydrogen-bond acceptors (Lipinski definition) is 12. The van der Waals surface area contributed by atoms with Crippen LogP contribution in [0, 0.1) is 53.3 Å². The van der Waals surface area contributed by atoms with Gasteiger partial charge in [-0.1, -0.05) is 129 Å². The van der Waals surface area contributed by atoms with Crippen LogP contribution >= 0.6 is 7.75 Å². The smallest absolute Gasteiger partial charge is 0.356 e. The van der Waals surface area contributed by atoms with Crippen LogP contribution in [0.15, 0.2) is 20.9 Å². The molecular formula is C58H97N8O10P. The summed E-state index contributed by atoms with van der Waals surface area (Å²) in [5.74, 6) is 1.07. The molecule has 1 aromatic heterocycles. The number of carbonyl (C=O) groups is 4. The predicted molar refractivity (Wildman–Crippen MR) is 299 cm³/mol. The first-order valence-corrected chi connectivity index (χ1v) is 31.8. The van der Waals surface area contributed by atoms with E-state index in [1.165, 1.54) is 87.8 Å². The number of azide groups is 1. The normalized spacial score (nSPS) is 29.1. The number of amides is 1. The largest absolute Gasteiger partial charge is 0.405 e. The zero-order valence-corrected chi connectivity index (χ0v) is 48.5. The molecule has 18 nitrogen and oxygen atoms in total. The van der Waals surface area contributed by atoms with Gasteiger partial charge in [-0.3, -0.25) is 42.6 Å². The molecule has 2 heterocycles. The Morgan fingerprint density at radius 3 is 2.18 bits per heavy atom. The van der Waals surface area contributed by atoms with Crippen LogP contribution in [0.3, 0.4) is 0 Å². The number of Topliss-reactive ketones (excluding diaryl/α,β-unsaturated/α-hetero) is 3. The van der Waals surface area contributed by atoms with E-state index < -0.39 is 42.8 Å². The highest BCUT2D eigenvalue weighted by Gasteiger charge is 2.66. The van der Waals surface area contributed by atoms with Crippen LogP contribution < -0.4 is 27.0 Å². The van der Waals surface area contributed by atoms with Crippen LogP contribution in [0.1, 0.15) is 219 Å². The van der Waals surface area contributed by atoms with Crippen molar-refractivity contribution < 1.29 is 37.5 Å². The molecule has 12 atom stereocenters. The van der Waals surface area contributed by atoms with Gasteiger partial charge >= 0.3 is 13.4 Å². The summed E-state index contributed by atoms with van der Waals surface area (Å²) in [5.41, 5.74) is 7.79. The van der Waals surface area contributed by atoms with Gasteiger partial charge in [0.1, 0.15) is 23.6 Å². The summed E-state index contributed by atoms with van der Waals surface area (Å²) in [6, 6.07) is -0.726. The Morgan fingerprint density at radius 1 is 0.870 bits per heavy atom. The summed E-state index contributed by atoms with van der Waals surface area (Å²) in [6.07, 6.45) is 26.5. The standard InChI is InChI=1S/C58H97N8O10P/c1-6-7-8-9-10-11-12-13-14-15-16-17-18-19-20-21-34-74-77(73,75-40-50-48(64-65-59)38-53(76-50)66-39-42(3)55(71)63-56(66)72)62-33-23-31-60-30-22-32-61-52(70)27-24-41(2)45-25-26-46-54-47(37-51(69)58(45,46)5)57(4)29-28-44(67)35-43(57)36-49(54)68/h39,41,43,45-48,50,53-54,60H,6-38,40H2,1-5H3,(H,61,70)(H,62,73)(H,63,71,72)/t41?,43-,45+,46-,47-,48?,50+,53+,54-,57-,58+,77?/m0/s1. The zero-order chi connectivity index (χ0) is 55.4. The number of ether oxygens (including phenoxy) is 1. The molecule has 0 radical (unpaired) electrons. The van der Waals surface area contributed by atoms with Gasteiger partial charge in [-0.15, -0.1) is 0 Å². The van der Waals surface area contributed by atoms with Gasteiger partial charge in [0.2, 0.25) is 5.91 Å². The maximum absolute atomic E-state index is 14.2. The molecule has 0 aromatic carbocycles. The number of carbonyl (C=O) groups excluding carboxylic acids is 4. The number of unbranched alkanes of at least 4 members (excludes halogenated alkanes) is 15. The van der Waals surface area contributed by atoms with Crippen molar-refractivity contribution >= 4 is 31.0 Å². The number of aryl methyl sites for hydroxylation is 1. The molecule has 0 spiro atoms. The van der Waals surface area contributed by atoms with E-state index in [-0.39, 0.29) is 83.8 Å². The Morgan fingerprint density at radius 2 is 1.52 bits per heavy atom. The zero-order valence-electron chi connectivity index (χ0n) is 47.6. The van der Waals surface area contributed by atoms with Gasteiger partial charge in [0, 0.05) is 79.6 Å². The molecule has 4 aliphatic carbocycles. The van der Waals surface area contributed by atoms with E-state index in [1.54, 1.807) is 6.92 Å². The second-order valence-corrected chi connectivity index (χ2v) is 26.1. The number of nitrogens with zero attached hydrogens (tertiary/aromatic N) is 4. The van der Waals surface area contributed by atoms with Gasteiger partial charge in [-0.05, 0) is 105 Å². The third-order valence-corrected chi connectivity index (χ3v) is 20.6. The first-order valence-electron chi connectivity index (χ1n) is 30.3. The number of aromatic amines is 1. The molecule has 5 aliphatic rings. The van der Waals surface area contributed by atoms with Gasteiger partial charge in [-0.2, -0.15) is 0 Å². The molecule has 4 saturated carbocycles. The molecule has 1 aromatic rings. The number of H-pyrrole nitrogens is 1. The highest BCUT2D eigenvalue weighted by atomic mass is 31.2. The van der Waals surface area contributed by atoms with Crippen molar-refractivity contribution in [2.75, 3.05) is 39.4 Å². The van der Waals surface area contributed by atoms with Crippen LogP contribution in [0.5, 0.6) is 0 Å². The van der Waals surface area contributed by atoms with Crippen molar-refractivity contribution in [2.24, 2.45) is 51.5 Å². The first kappa shape index (κ1) is 62.7. The Balaban J connectivity index is 0.876. The molecule has 3 unspecified atom stereocenters. The monoisotopic (exact) mass is 1100 g/mol. The van der Waals surface area contributed by atoms with E-state index in [9.17, 15) is 38.9 Å². The topological polar surface area (TPSA) is 253 Å². The third kappa shape index (κ3) is 17.3. The van der Waals surface area contributed by atoms with Crippen molar-refractivity contribution in [1.29, 1.82) is 0 Å². The highest BCUT2D eigenvalue weighted by molar-refractivity contribution is 7.51. The van der Waals surface area contributed by atoms with Crippen LogP contribution in [0.25, 0.3) is 10.4 Å². The van der Waals surface area contributed by atoms with Gasteiger partial charge in [0.15, 0.2) is 0 Å². The fourth-order valence-electron chi connectivity index (χ4n) is 14.2. The molecule has 4 N–H and O–H groups in total. The minimum absolute atomic E-state index is 0.0101. The van der Waals surface area contributed by atoms with E-state index >= 15 is 0 Å². The number of fused-ring (bicyclic) bond motifs is 5. The average molecular weight is 1100 g/mol. The van der Waals surface area contributed by atoms with Gasteiger partial charge in [0.05, 0.1) is 25.4 Å². The molecule has 5 fully saturated rings. The van der Waals surface area contributed by atoms with E-state index in [0.29, 0.717) is 76.7 Å². The molecule has 1 amide bonds. The molecule has 19 heteroatoms. The minimum atomic E-state index is -3.85. The van der Waals surface area contributed by atoms with Gasteiger partial charge < -0.3 is 15.4 Å². The lowest BCUT2D eigenvalue weighted by Gasteiger charge is -2.58. The molecule has 0 bridgehead atoms. The third-order valence-electron chi connectivity index (χ3n) is 18.9. The first-order chi connectivity index (χ1) is 37.0. The second kappa shape index (κ2) is 30.9. The second-order valence-electron chi connectivity index (χ2n) is 24.2. The van der Waals surface area contributed by atoms with E-state index in [4.69, 9.17) is 13.8 Å². The quantitative estimate of drug-likeness (QED) is 0.0161. The Hall–Kier alpha value is -3.50. The number of rotatable bonds is 36. The summed E-state index contributed by atoms with van der Waals surface area (Å²) >= 11 is 0. The molecule has 6 rings (SSSR count). The number of hydrogen-bond donors (Lipinski definition) is 4. The summed E-state index contributed by atoms with van der Waals surface area (Å²) < 4.78 is 33.5. The molecule has 1 saturated heterocycles. The summed E-state index contributed by atoms with van der Waals surface area (Å²) in [4.78, 5) is 83.3. The van der Waals surface area contributed by atoms with Crippen LogP contribution in [0.4, 0.5) is 0 Å². The minimum Gasteiger partial charge on any atom is -0.356 e. The Kier molecular flexibility index (Phi) is 25.2. The lowest BCUT2D eigenvalue weighted by atomic mass is 9.44. The average Bonchev–Trinajstić information content (AvgIpc) is 4.03. The molecular weight excluding hydrogens is 1000 g/mol. The number of aromatic nitrogens is 2. The number of nitrogens with one attached hydrogen (secondary N) is 4. The van der Waals surface area contributed by atoms with E-state index in [2.05, 4.69) is 58.4 Å².